The molecule has 0 amide bonds. The summed E-state index contributed by atoms with van der Waals surface area (Å²) in [6.07, 6.45) is 5.17. The van der Waals surface area contributed by atoms with Gasteiger partial charge < -0.3 is 10.1 Å². The maximum Gasteiger partial charge on any atom is 0.337 e. The highest BCUT2D eigenvalue weighted by molar-refractivity contribution is 9.10. The van der Waals surface area contributed by atoms with E-state index in [0.717, 1.165) is 34.6 Å². The minimum atomic E-state index is -0.328. The van der Waals surface area contributed by atoms with Crippen molar-refractivity contribution < 1.29 is 9.53 Å². The summed E-state index contributed by atoms with van der Waals surface area (Å²) in [5, 5.41) is 3.33. The quantitative estimate of drug-likeness (QED) is 0.470. The average molecular weight is 342 g/mol. The summed E-state index contributed by atoms with van der Waals surface area (Å²) >= 11 is 5.19. The maximum absolute atomic E-state index is 11.4. The number of benzene rings is 1. The molecule has 0 atom stereocenters. The number of thioether (sulfide) groups is 1. The van der Waals surface area contributed by atoms with Crippen LogP contribution in [0.5, 0.6) is 0 Å². The minimum Gasteiger partial charge on any atom is -0.465 e. The summed E-state index contributed by atoms with van der Waals surface area (Å²) in [5.41, 5.74) is 1.65. The van der Waals surface area contributed by atoms with Crippen molar-refractivity contribution in [2.24, 2.45) is 0 Å². The Hall–Kier alpha value is -0.960. The number of terminal acetylenes is 1. The van der Waals surface area contributed by atoms with E-state index in [1.54, 1.807) is 23.9 Å². The van der Waals surface area contributed by atoms with Crippen LogP contribution in [-0.2, 0) is 11.3 Å². The molecule has 1 N–H and O–H groups in total. The molecule has 1 aromatic carbocycles. The zero-order chi connectivity index (χ0) is 14.1. The lowest BCUT2D eigenvalue weighted by Crippen LogP contribution is -2.17. The number of nitrogens with one attached hydrogen (secondary N) is 1. The van der Waals surface area contributed by atoms with Gasteiger partial charge in [0.05, 0.1) is 18.4 Å². The Kier molecular flexibility index (Phi) is 7.65. The molecule has 0 aromatic heterocycles. The molecule has 102 valence electrons. The first kappa shape index (κ1) is 16.1. The number of halogens is 1. The van der Waals surface area contributed by atoms with Gasteiger partial charge in [-0.05, 0) is 17.7 Å². The molecular weight excluding hydrogens is 326 g/mol. The summed E-state index contributed by atoms with van der Waals surface area (Å²) < 4.78 is 5.57. The van der Waals surface area contributed by atoms with Crippen LogP contribution in [0, 0.1) is 12.3 Å². The first-order valence-electron chi connectivity index (χ1n) is 5.77. The van der Waals surface area contributed by atoms with E-state index in [0.29, 0.717) is 5.56 Å². The summed E-state index contributed by atoms with van der Waals surface area (Å²) in [6.45, 7) is 1.65. The first-order valence-corrected chi connectivity index (χ1v) is 7.72. The van der Waals surface area contributed by atoms with Crippen molar-refractivity contribution in [2.45, 2.75) is 6.54 Å². The molecule has 0 radical (unpaired) electrons. The second-order valence-corrected chi connectivity index (χ2v) is 5.69. The van der Waals surface area contributed by atoms with Crippen LogP contribution < -0.4 is 5.32 Å². The van der Waals surface area contributed by atoms with Gasteiger partial charge >= 0.3 is 5.97 Å². The number of hydrogen-bond donors (Lipinski definition) is 1. The van der Waals surface area contributed by atoms with Gasteiger partial charge in [0.15, 0.2) is 0 Å². The number of carbonyl (C=O) groups is 1. The summed E-state index contributed by atoms with van der Waals surface area (Å²) in [4.78, 5) is 11.4. The third-order valence-electron chi connectivity index (χ3n) is 2.40. The fraction of sp³-hybridized carbons (Fsp3) is 0.357. The molecule has 1 aromatic rings. The zero-order valence-electron chi connectivity index (χ0n) is 10.7. The highest BCUT2D eigenvalue weighted by atomic mass is 79.9. The Balaban J connectivity index is 2.43. The maximum atomic E-state index is 11.4. The summed E-state index contributed by atoms with van der Waals surface area (Å²) in [7, 11) is 1.37. The van der Waals surface area contributed by atoms with E-state index < -0.39 is 0 Å². The van der Waals surface area contributed by atoms with E-state index in [1.807, 2.05) is 6.07 Å². The van der Waals surface area contributed by atoms with E-state index >= 15 is 0 Å². The lowest BCUT2D eigenvalue weighted by Gasteiger charge is -2.08. The Morgan fingerprint density at radius 2 is 2.37 bits per heavy atom. The smallest absolute Gasteiger partial charge is 0.337 e. The average Bonchev–Trinajstić information content (AvgIpc) is 2.43. The molecule has 0 aliphatic carbocycles. The Morgan fingerprint density at radius 3 is 3.00 bits per heavy atom. The second kappa shape index (κ2) is 9.03. The van der Waals surface area contributed by atoms with Crippen molar-refractivity contribution in [1.29, 1.82) is 0 Å². The van der Waals surface area contributed by atoms with Gasteiger partial charge in [-0.15, -0.1) is 18.2 Å². The van der Waals surface area contributed by atoms with Gasteiger partial charge in [0.2, 0.25) is 0 Å². The molecule has 0 bridgehead atoms. The summed E-state index contributed by atoms with van der Waals surface area (Å²) in [5.74, 6) is 4.00. The standard InChI is InChI=1S/C14H16BrNO2S/c1-3-7-19-8-6-16-10-12-5-4-11(9-13(12)15)14(17)18-2/h1,4-5,9,16H,6-8,10H2,2H3. The molecule has 0 spiro atoms. The van der Waals surface area contributed by atoms with E-state index in [-0.39, 0.29) is 5.97 Å². The molecule has 0 heterocycles. The van der Waals surface area contributed by atoms with Crippen molar-refractivity contribution in [2.75, 3.05) is 25.2 Å². The molecule has 3 nitrogen and oxygen atoms in total. The van der Waals surface area contributed by atoms with Crippen LogP contribution in [0.3, 0.4) is 0 Å². The van der Waals surface area contributed by atoms with Crippen LogP contribution >= 0.6 is 27.7 Å². The van der Waals surface area contributed by atoms with Gasteiger partial charge in [-0.25, -0.2) is 4.79 Å². The van der Waals surface area contributed by atoms with E-state index in [2.05, 4.69) is 31.9 Å². The zero-order valence-corrected chi connectivity index (χ0v) is 13.1. The van der Waals surface area contributed by atoms with Crippen LogP contribution in [0.25, 0.3) is 0 Å². The van der Waals surface area contributed by atoms with Gasteiger partial charge in [0.25, 0.3) is 0 Å². The van der Waals surface area contributed by atoms with Gasteiger partial charge in [0.1, 0.15) is 0 Å². The van der Waals surface area contributed by atoms with Gasteiger partial charge in [-0.3, -0.25) is 0 Å². The largest absolute Gasteiger partial charge is 0.465 e. The van der Waals surface area contributed by atoms with E-state index in [1.165, 1.54) is 7.11 Å². The van der Waals surface area contributed by atoms with Crippen molar-refractivity contribution >= 4 is 33.7 Å². The topological polar surface area (TPSA) is 38.3 Å². The van der Waals surface area contributed by atoms with Crippen LogP contribution in [-0.4, -0.2) is 31.1 Å². The number of ether oxygens (including phenoxy) is 1. The number of rotatable bonds is 7. The monoisotopic (exact) mass is 341 g/mol. The van der Waals surface area contributed by atoms with Gasteiger partial charge in [-0.1, -0.05) is 27.9 Å². The number of methoxy groups -OCH3 is 1. The van der Waals surface area contributed by atoms with Crippen LogP contribution in [0.2, 0.25) is 0 Å². The fourth-order valence-electron chi connectivity index (χ4n) is 1.43. The van der Waals surface area contributed by atoms with Crippen molar-refractivity contribution in [1.82, 2.24) is 5.32 Å². The predicted molar refractivity (Wildman–Crippen MR) is 83.3 cm³/mol. The second-order valence-electron chi connectivity index (χ2n) is 3.73. The molecule has 1 rings (SSSR count). The first-order chi connectivity index (χ1) is 9.19. The lowest BCUT2D eigenvalue weighted by molar-refractivity contribution is 0.0600. The number of carbonyl (C=O) groups excluding carboxylic acids is 1. The molecule has 0 aliphatic heterocycles. The van der Waals surface area contributed by atoms with Crippen LogP contribution in [0.4, 0.5) is 0 Å². The molecule has 0 aliphatic rings. The molecule has 0 saturated heterocycles. The number of hydrogen-bond acceptors (Lipinski definition) is 4. The van der Waals surface area contributed by atoms with E-state index in [4.69, 9.17) is 6.42 Å². The minimum absolute atomic E-state index is 0.328. The highest BCUT2D eigenvalue weighted by Crippen LogP contribution is 2.19. The molecule has 5 heteroatoms. The van der Waals surface area contributed by atoms with E-state index in [9.17, 15) is 4.79 Å². The molecule has 0 unspecified atom stereocenters. The normalized spacial score (nSPS) is 9.95. The van der Waals surface area contributed by atoms with Gasteiger partial charge in [0, 0.05) is 23.3 Å². The predicted octanol–water partition coefficient (Wildman–Crippen LogP) is 2.69. The Bertz CT molecular complexity index is 471. The molecular formula is C14H16BrNO2S. The Morgan fingerprint density at radius 1 is 1.58 bits per heavy atom. The molecule has 0 saturated carbocycles. The lowest BCUT2D eigenvalue weighted by atomic mass is 10.1. The highest BCUT2D eigenvalue weighted by Gasteiger charge is 2.07. The third-order valence-corrected chi connectivity index (χ3v) is 4.00. The van der Waals surface area contributed by atoms with Gasteiger partial charge in [-0.2, -0.15) is 0 Å². The fourth-order valence-corrected chi connectivity index (χ4v) is 2.50. The van der Waals surface area contributed by atoms with Crippen molar-refractivity contribution in [3.05, 3.63) is 33.8 Å². The SMILES string of the molecule is C#CCSCCNCc1ccc(C(=O)OC)cc1Br. The number of esters is 1. The molecule has 0 fully saturated rings. The van der Waals surface area contributed by atoms with Crippen molar-refractivity contribution in [3.63, 3.8) is 0 Å². The Labute approximate surface area is 126 Å². The molecule has 19 heavy (non-hydrogen) atoms. The van der Waals surface area contributed by atoms with Crippen LogP contribution in [0.15, 0.2) is 22.7 Å². The third kappa shape index (κ3) is 5.68. The summed E-state index contributed by atoms with van der Waals surface area (Å²) in [6, 6.07) is 5.45. The van der Waals surface area contributed by atoms with Crippen molar-refractivity contribution in [3.8, 4) is 12.3 Å². The van der Waals surface area contributed by atoms with Crippen LogP contribution in [0.1, 0.15) is 15.9 Å².